The third kappa shape index (κ3) is 3.44. The van der Waals surface area contributed by atoms with Crippen molar-refractivity contribution in [1.29, 1.82) is 0 Å². The van der Waals surface area contributed by atoms with Crippen LogP contribution in [0.15, 0.2) is 59.7 Å². The largest absolute Gasteiger partial charge is 0.504 e. The molecular formula is C20H18N2O4. The minimum atomic E-state index is -0.411. The summed E-state index contributed by atoms with van der Waals surface area (Å²) in [5.41, 5.74) is 3.25. The maximum atomic E-state index is 12.5. The summed E-state index contributed by atoms with van der Waals surface area (Å²) < 4.78 is 10.4. The van der Waals surface area contributed by atoms with Gasteiger partial charge in [0.2, 0.25) is 0 Å². The van der Waals surface area contributed by atoms with Crippen LogP contribution >= 0.6 is 0 Å². The third-order valence-corrected chi connectivity index (χ3v) is 3.93. The van der Waals surface area contributed by atoms with Crippen molar-refractivity contribution in [2.75, 3.05) is 14.2 Å². The van der Waals surface area contributed by atoms with Gasteiger partial charge >= 0.3 is 0 Å². The summed E-state index contributed by atoms with van der Waals surface area (Å²) in [4.78, 5) is 12.5. The average molecular weight is 350 g/mol. The van der Waals surface area contributed by atoms with Crippen LogP contribution in [-0.2, 0) is 0 Å². The number of fused-ring (bicyclic) bond motifs is 1. The Hall–Kier alpha value is -3.54. The zero-order chi connectivity index (χ0) is 18.5. The minimum Gasteiger partial charge on any atom is -0.504 e. The van der Waals surface area contributed by atoms with Crippen molar-refractivity contribution in [3.63, 3.8) is 0 Å². The summed E-state index contributed by atoms with van der Waals surface area (Å²) in [7, 11) is 2.97. The summed E-state index contributed by atoms with van der Waals surface area (Å²) in [5.74, 6) is 0.333. The molecule has 0 spiro atoms. The molecule has 3 aromatic rings. The van der Waals surface area contributed by atoms with Gasteiger partial charge in [-0.05, 0) is 35.0 Å². The highest BCUT2D eigenvalue weighted by Gasteiger charge is 2.13. The number of ether oxygens (including phenoxy) is 2. The first kappa shape index (κ1) is 17.3. The van der Waals surface area contributed by atoms with Crippen LogP contribution in [0.25, 0.3) is 10.8 Å². The predicted octanol–water partition coefficient (Wildman–Crippen LogP) is 3.33. The highest BCUT2D eigenvalue weighted by Crippen LogP contribution is 2.28. The molecule has 1 amide bonds. The average Bonchev–Trinajstić information content (AvgIpc) is 2.68. The smallest absolute Gasteiger partial charge is 0.275 e. The van der Waals surface area contributed by atoms with E-state index < -0.39 is 5.91 Å². The second kappa shape index (κ2) is 7.57. The lowest BCUT2D eigenvalue weighted by atomic mass is 10.1. The number of hydrazone groups is 1. The Bertz CT molecular complexity index is 983. The number of amides is 1. The number of phenolic OH excluding ortho intramolecular Hbond substituents is 1. The van der Waals surface area contributed by atoms with Gasteiger partial charge in [0, 0.05) is 5.56 Å². The SMILES string of the molecule is COc1cc2ccccc2cc1C(=O)N/N=C/c1cccc(OC)c1O. The van der Waals surface area contributed by atoms with E-state index in [1.807, 2.05) is 30.3 Å². The Morgan fingerprint density at radius 3 is 2.38 bits per heavy atom. The van der Waals surface area contributed by atoms with E-state index in [0.29, 0.717) is 22.6 Å². The molecular weight excluding hydrogens is 332 g/mol. The summed E-state index contributed by atoms with van der Waals surface area (Å²) in [6, 6.07) is 16.3. The van der Waals surface area contributed by atoms with Gasteiger partial charge in [-0.15, -0.1) is 0 Å². The van der Waals surface area contributed by atoms with Crippen LogP contribution in [0.2, 0.25) is 0 Å². The van der Waals surface area contributed by atoms with E-state index in [2.05, 4.69) is 10.5 Å². The molecule has 0 radical (unpaired) electrons. The lowest BCUT2D eigenvalue weighted by Gasteiger charge is -2.09. The first-order chi connectivity index (χ1) is 12.6. The number of nitrogens with one attached hydrogen (secondary N) is 1. The van der Waals surface area contributed by atoms with E-state index in [1.54, 1.807) is 24.3 Å². The van der Waals surface area contributed by atoms with E-state index in [1.165, 1.54) is 20.4 Å². The van der Waals surface area contributed by atoms with Crippen molar-refractivity contribution in [3.05, 3.63) is 65.7 Å². The number of benzene rings is 3. The minimum absolute atomic E-state index is 0.0451. The molecule has 0 saturated carbocycles. The molecule has 3 rings (SSSR count). The summed E-state index contributed by atoms with van der Waals surface area (Å²) in [6.07, 6.45) is 1.35. The molecule has 0 saturated heterocycles. The van der Waals surface area contributed by atoms with Crippen LogP contribution in [0.3, 0.4) is 0 Å². The fourth-order valence-electron chi connectivity index (χ4n) is 2.59. The molecule has 0 aliphatic rings. The molecule has 132 valence electrons. The monoisotopic (exact) mass is 350 g/mol. The van der Waals surface area contributed by atoms with Crippen LogP contribution in [-0.4, -0.2) is 31.4 Å². The maximum Gasteiger partial charge on any atom is 0.275 e. The van der Waals surface area contributed by atoms with Gasteiger partial charge in [0.25, 0.3) is 5.91 Å². The number of hydrogen-bond acceptors (Lipinski definition) is 5. The molecule has 26 heavy (non-hydrogen) atoms. The van der Waals surface area contributed by atoms with Gasteiger partial charge in [-0.3, -0.25) is 4.79 Å². The van der Waals surface area contributed by atoms with Crippen LogP contribution in [0, 0.1) is 0 Å². The first-order valence-electron chi connectivity index (χ1n) is 7.90. The normalized spacial score (nSPS) is 10.8. The second-order valence-electron chi connectivity index (χ2n) is 5.50. The summed E-state index contributed by atoms with van der Waals surface area (Å²) in [5, 5.41) is 15.8. The van der Waals surface area contributed by atoms with Crippen molar-refractivity contribution in [2.24, 2.45) is 5.10 Å². The van der Waals surface area contributed by atoms with Gasteiger partial charge in [-0.2, -0.15) is 5.10 Å². The molecule has 0 atom stereocenters. The van der Waals surface area contributed by atoms with Crippen molar-refractivity contribution < 1.29 is 19.4 Å². The van der Waals surface area contributed by atoms with Crippen molar-refractivity contribution in [2.45, 2.75) is 0 Å². The number of phenols is 1. The number of nitrogens with zero attached hydrogens (tertiary/aromatic N) is 1. The quantitative estimate of drug-likeness (QED) is 0.546. The molecule has 2 N–H and O–H groups in total. The van der Waals surface area contributed by atoms with Gasteiger partial charge in [-0.25, -0.2) is 5.43 Å². The molecule has 6 heteroatoms. The zero-order valence-corrected chi connectivity index (χ0v) is 14.4. The number of carbonyl (C=O) groups is 1. The fraction of sp³-hybridized carbons (Fsp3) is 0.100. The Morgan fingerprint density at radius 2 is 1.69 bits per heavy atom. The molecule has 0 heterocycles. The van der Waals surface area contributed by atoms with Crippen molar-refractivity contribution in [3.8, 4) is 17.2 Å². The fourth-order valence-corrected chi connectivity index (χ4v) is 2.59. The van der Waals surface area contributed by atoms with Crippen molar-refractivity contribution >= 4 is 22.9 Å². The van der Waals surface area contributed by atoms with E-state index in [4.69, 9.17) is 9.47 Å². The molecule has 3 aromatic carbocycles. The first-order valence-corrected chi connectivity index (χ1v) is 7.90. The van der Waals surface area contributed by atoms with E-state index >= 15 is 0 Å². The van der Waals surface area contributed by atoms with Gasteiger partial charge in [-0.1, -0.05) is 30.3 Å². The summed E-state index contributed by atoms with van der Waals surface area (Å²) >= 11 is 0. The summed E-state index contributed by atoms with van der Waals surface area (Å²) in [6.45, 7) is 0. The predicted molar refractivity (Wildman–Crippen MR) is 100 cm³/mol. The van der Waals surface area contributed by atoms with Gasteiger partial charge in [0.15, 0.2) is 11.5 Å². The van der Waals surface area contributed by atoms with E-state index in [-0.39, 0.29) is 5.75 Å². The molecule has 0 bridgehead atoms. The Kier molecular flexibility index (Phi) is 5.03. The lowest BCUT2D eigenvalue weighted by Crippen LogP contribution is -2.18. The Labute approximate surface area is 150 Å². The van der Waals surface area contributed by atoms with Gasteiger partial charge in [0.1, 0.15) is 5.75 Å². The number of aromatic hydroxyl groups is 1. The molecule has 0 aliphatic heterocycles. The number of rotatable bonds is 5. The Balaban J connectivity index is 1.83. The lowest BCUT2D eigenvalue weighted by molar-refractivity contribution is 0.0952. The number of carbonyl (C=O) groups excluding carboxylic acids is 1. The highest BCUT2D eigenvalue weighted by molar-refractivity contribution is 6.02. The standard InChI is InChI=1S/C20H18N2O4/c1-25-17-9-5-8-15(19(17)23)12-21-22-20(24)16-10-13-6-3-4-7-14(13)11-18(16)26-2/h3-12,23H,1-2H3,(H,22,24)/b21-12+. The molecule has 0 aliphatic carbocycles. The van der Waals surface area contributed by atoms with Crippen LogP contribution in [0.1, 0.15) is 15.9 Å². The topological polar surface area (TPSA) is 80.2 Å². The number of para-hydroxylation sites is 1. The molecule has 6 nitrogen and oxygen atoms in total. The maximum absolute atomic E-state index is 12.5. The van der Waals surface area contributed by atoms with E-state index in [9.17, 15) is 9.90 Å². The number of methoxy groups -OCH3 is 2. The molecule has 0 fully saturated rings. The van der Waals surface area contributed by atoms with Gasteiger partial charge < -0.3 is 14.6 Å². The molecule has 0 unspecified atom stereocenters. The van der Waals surface area contributed by atoms with Crippen LogP contribution in [0.5, 0.6) is 17.2 Å². The third-order valence-electron chi connectivity index (χ3n) is 3.93. The second-order valence-corrected chi connectivity index (χ2v) is 5.50. The van der Waals surface area contributed by atoms with Crippen molar-refractivity contribution in [1.82, 2.24) is 5.43 Å². The molecule has 0 aromatic heterocycles. The number of hydrogen-bond donors (Lipinski definition) is 2. The van der Waals surface area contributed by atoms with Crippen LogP contribution < -0.4 is 14.9 Å². The zero-order valence-electron chi connectivity index (χ0n) is 14.4. The van der Waals surface area contributed by atoms with E-state index in [0.717, 1.165) is 10.8 Å². The Morgan fingerprint density at radius 1 is 1.00 bits per heavy atom. The van der Waals surface area contributed by atoms with Gasteiger partial charge in [0.05, 0.1) is 26.0 Å². The van der Waals surface area contributed by atoms with Crippen LogP contribution in [0.4, 0.5) is 0 Å². The highest BCUT2D eigenvalue weighted by atomic mass is 16.5.